The first-order valence-corrected chi connectivity index (χ1v) is 10.9. The number of amides is 2. The van der Waals surface area contributed by atoms with Crippen molar-refractivity contribution in [3.05, 3.63) is 35.4 Å². The van der Waals surface area contributed by atoms with E-state index in [-0.39, 0.29) is 18.9 Å². The molecule has 1 aromatic carbocycles. The van der Waals surface area contributed by atoms with Gasteiger partial charge in [-0.15, -0.1) is 0 Å². The highest BCUT2D eigenvalue weighted by molar-refractivity contribution is 7.54. The molecular formula is C19H27N2O7P. The molecule has 1 aromatic rings. The molecule has 0 saturated carbocycles. The van der Waals surface area contributed by atoms with Crippen molar-refractivity contribution < 1.29 is 33.1 Å². The summed E-state index contributed by atoms with van der Waals surface area (Å²) in [5, 5.41) is 12.4. The number of nitrogens with zero attached hydrogens (tertiary/aromatic N) is 1. The molecule has 1 aliphatic heterocycles. The van der Waals surface area contributed by atoms with Gasteiger partial charge in [-0.1, -0.05) is 26.0 Å². The van der Waals surface area contributed by atoms with Crippen molar-refractivity contribution in [3.63, 3.8) is 0 Å². The molecule has 1 heterocycles. The van der Waals surface area contributed by atoms with Crippen molar-refractivity contribution in [2.24, 2.45) is 5.92 Å². The number of carboxylic acid groups (broad SMARTS) is 1. The third-order valence-electron chi connectivity index (χ3n) is 4.79. The first kappa shape index (κ1) is 23.2. The Hall–Kier alpha value is -2.06. The van der Waals surface area contributed by atoms with Gasteiger partial charge in [0.15, 0.2) is 0 Å². The minimum atomic E-state index is -3.72. The van der Waals surface area contributed by atoms with Crippen LogP contribution in [0.1, 0.15) is 47.4 Å². The maximum atomic E-state index is 13.0. The quantitative estimate of drug-likeness (QED) is 0.409. The van der Waals surface area contributed by atoms with E-state index in [0.717, 1.165) is 4.90 Å². The van der Waals surface area contributed by atoms with Crippen molar-refractivity contribution >= 4 is 25.4 Å². The van der Waals surface area contributed by atoms with Crippen molar-refractivity contribution in [2.45, 2.75) is 38.5 Å². The summed E-state index contributed by atoms with van der Waals surface area (Å²) >= 11 is 0. The number of hydrogen-bond acceptors (Lipinski definition) is 7. The summed E-state index contributed by atoms with van der Waals surface area (Å²) in [4.78, 5) is 37.8. The molecule has 0 radical (unpaired) electrons. The van der Waals surface area contributed by atoms with Crippen molar-refractivity contribution in [1.29, 1.82) is 0 Å². The lowest BCUT2D eigenvalue weighted by Crippen LogP contribution is -2.46. The van der Waals surface area contributed by atoms with E-state index < -0.39 is 37.2 Å². The Labute approximate surface area is 169 Å². The summed E-state index contributed by atoms with van der Waals surface area (Å²) < 4.78 is 23.1. The Morgan fingerprint density at radius 2 is 1.66 bits per heavy atom. The zero-order valence-electron chi connectivity index (χ0n) is 17.0. The van der Waals surface area contributed by atoms with Crippen molar-refractivity contribution in [3.8, 4) is 0 Å². The monoisotopic (exact) mass is 426 g/mol. The van der Waals surface area contributed by atoms with Crippen LogP contribution in [0, 0.1) is 5.92 Å². The van der Waals surface area contributed by atoms with E-state index in [1.165, 1.54) is 14.2 Å². The first-order valence-electron chi connectivity index (χ1n) is 9.29. The molecule has 0 aromatic heterocycles. The molecular weight excluding hydrogens is 399 g/mol. The second-order valence-electron chi connectivity index (χ2n) is 7.20. The second kappa shape index (κ2) is 9.63. The van der Waals surface area contributed by atoms with Crippen molar-refractivity contribution in [2.75, 3.05) is 20.8 Å². The smallest absolute Gasteiger partial charge is 0.346 e. The van der Waals surface area contributed by atoms with E-state index in [4.69, 9.17) is 9.05 Å². The Morgan fingerprint density at radius 1 is 1.14 bits per heavy atom. The van der Waals surface area contributed by atoms with Gasteiger partial charge in [0.2, 0.25) is 0 Å². The second-order valence-corrected chi connectivity index (χ2v) is 9.64. The predicted molar refractivity (Wildman–Crippen MR) is 106 cm³/mol. The van der Waals surface area contributed by atoms with Crippen LogP contribution in [-0.4, -0.2) is 60.4 Å². The molecule has 0 fully saturated rings. The lowest BCUT2D eigenvalue weighted by molar-refractivity contribution is -0.140. The van der Waals surface area contributed by atoms with Crippen LogP contribution in [-0.2, 0) is 18.4 Å². The Morgan fingerprint density at radius 3 is 2.07 bits per heavy atom. The highest BCUT2D eigenvalue weighted by Crippen LogP contribution is 2.52. The van der Waals surface area contributed by atoms with Crippen LogP contribution in [0.2, 0.25) is 0 Å². The molecule has 10 heteroatoms. The number of benzene rings is 1. The van der Waals surface area contributed by atoms with Crippen LogP contribution in [0.3, 0.4) is 0 Å². The zero-order valence-corrected chi connectivity index (χ0v) is 17.8. The fourth-order valence-electron chi connectivity index (χ4n) is 3.30. The fraction of sp³-hybridized carbons (Fsp3) is 0.526. The van der Waals surface area contributed by atoms with E-state index in [1.54, 1.807) is 24.3 Å². The summed E-state index contributed by atoms with van der Waals surface area (Å²) in [6, 6.07) is 5.50. The number of aliphatic carboxylic acids is 1. The van der Waals surface area contributed by atoms with Crippen LogP contribution in [0.25, 0.3) is 0 Å². The molecule has 2 unspecified atom stereocenters. The molecule has 2 N–H and O–H groups in total. The number of fused-ring (bicyclic) bond motifs is 1. The van der Waals surface area contributed by atoms with E-state index in [2.05, 4.69) is 5.32 Å². The SMILES string of the molecule is COP(=O)(OC)C(CCN1C(=O)c2ccccc2C1=O)NC(CC(C)C)C(=O)O. The molecule has 0 aliphatic carbocycles. The number of imide groups is 1. The molecule has 0 saturated heterocycles. The third kappa shape index (κ3) is 5.11. The highest BCUT2D eigenvalue weighted by Gasteiger charge is 2.40. The topological polar surface area (TPSA) is 122 Å². The van der Waals surface area contributed by atoms with E-state index >= 15 is 0 Å². The van der Waals surface area contributed by atoms with Crippen LogP contribution in [0.4, 0.5) is 0 Å². The van der Waals surface area contributed by atoms with Gasteiger partial charge in [-0.3, -0.25) is 29.2 Å². The van der Waals surface area contributed by atoms with Gasteiger partial charge >= 0.3 is 13.6 Å². The summed E-state index contributed by atoms with van der Waals surface area (Å²) in [6.07, 6.45) is 0.304. The van der Waals surface area contributed by atoms with Gasteiger partial charge in [-0.2, -0.15) is 0 Å². The van der Waals surface area contributed by atoms with Gasteiger partial charge in [-0.25, -0.2) is 0 Å². The lowest BCUT2D eigenvalue weighted by atomic mass is 10.0. The standard InChI is InChI=1S/C19H27N2O7P/c1-12(2)11-15(19(24)25)20-16(29(26,27-3)28-4)9-10-21-17(22)13-7-5-6-8-14(13)18(21)23/h5-8,12,15-16,20H,9-11H2,1-4H3,(H,24,25). The van der Waals surface area contributed by atoms with Gasteiger partial charge in [0.05, 0.1) is 11.1 Å². The van der Waals surface area contributed by atoms with Gasteiger partial charge in [0.25, 0.3) is 11.8 Å². The minimum absolute atomic E-state index is 0.00625. The van der Waals surface area contributed by atoms with Gasteiger partial charge < -0.3 is 14.2 Å². The molecule has 2 amide bonds. The average molecular weight is 426 g/mol. The Bertz CT molecular complexity index is 784. The van der Waals surface area contributed by atoms with E-state index in [1.807, 2.05) is 13.8 Å². The summed E-state index contributed by atoms with van der Waals surface area (Å²) in [6.45, 7) is 3.68. The number of carboxylic acids is 1. The van der Waals surface area contributed by atoms with Crippen LogP contribution in [0.5, 0.6) is 0 Å². The molecule has 0 bridgehead atoms. The minimum Gasteiger partial charge on any atom is -0.480 e. The number of rotatable bonds is 11. The average Bonchev–Trinajstić information content (AvgIpc) is 2.94. The lowest BCUT2D eigenvalue weighted by Gasteiger charge is -2.29. The number of carbonyl (C=O) groups excluding carboxylic acids is 2. The maximum Gasteiger partial charge on any atom is 0.346 e. The van der Waals surface area contributed by atoms with Crippen LogP contribution in [0.15, 0.2) is 24.3 Å². The van der Waals surface area contributed by atoms with Crippen molar-refractivity contribution in [1.82, 2.24) is 10.2 Å². The van der Waals surface area contributed by atoms with E-state index in [0.29, 0.717) is 17.5 Å². The molecule has 29 heavy (non-hydrogen) atoms. The Kier molecular flexibility index (Phi) is 7.71. The zero-order chi connectivity index (χ0) is 21.8. The number of carbonyl (C=O) groups is 3. The summed E-state index contributed by atoms with van der Waals surface area (Å²) in [5.41, 5.74) is 0.624. The summed E-state index contributed by atoms with van der Waals surface area (Å²) in [5.74, 6) is -2.91. The third-order valence-corrected chi connectivity index (χ3v) is 6.98. The number of nitrogens with one attached hydrogen (secondary N) is 1. The van der Waals surface area contributed by atoms with Gasteiger partial charge in [0.1, 0.15) is 11.8 Å². The molecule has 2 atom stereocenters. The predicted octanol–water partition coefficient (Wildman–Crippen LogP) is 2.57. The molecule has 2 rings (SSSR count). The summed E-state index contributed by atoms with van der Waals surface area (Å²) in [7, 11) is -1.31. The molecule has 1 aliphatic rings. The highest BCUT2D eigenvalue weighted by atomic mass is 31.2. The first-order chi connectivity index (χ1) is 13.6. The molecule has 160 valence electrons. The molecule has 9 nitrogen and oxygen atoms in total. The maximum absolute atomic E-state index is 13.0. The van der Waals surface area contributed by atoms with Crippen LogP contribution >= 0.6 is 7.60 Å². The van der Waals surface area contributed by atoms with Gasteiger partial charge in [0, 0.05) is 20.8 Å². The normalized spacial score (nSPS) is 16.2. The molecule has 0 spiro atoms. The van der Waals surface area contributed by atoms with Crippen LogP contribution < -0.4 is 5.32 Å². The fourth-order valence-corrected chi connectivity index (χ4v) is 4.75. The largest absolute Gasteiger partial charge is 0.480 e. The Balaban J connectivity index is 2.21. The van der Waals surface area contributed by atoms with E-state index in [9.17, 15) is 24.1 Å². The number of hydrogen-bond donors (Lipinski definition) is 2. The van der Waals surface area contributed by atoms with Gasteiger partial charge in [-0.05, 0) is 30.9 Å².